The van der Waals surface area contributed by atoms with Gasteiger partial charge in [0.25, 0.3) is 0 Å². The second-order valence-electron chi connectivity index (χ2n) is 40.7. The molecule has 710 valence electrons. The van der Waals surface area contributed by atoms with Crippen molar-refractivity contribution >= 4 is 98.0 Å². The van der Waals surface area contributed by atoms with Gasteiger partial charge in [-0.3, -0.25) is 9.55 Å². The van der Waals surface area contributed by atoms with Crippen LogP contribution in [0.5, 0.6) is 0 Å². The van der Waals surface area contributed by atoms with Gasteiger partial charge in [0.15, 0.2) is 17.5 Å². The minimum Gasteiger partial charge on any atom is -0.309 e. The molecule has 14 heteroatoms. The van der Waals surface area contributed by atoms with Crippen molar-refractivity contribution in [2.75, 3.05) is 0 Å². The van der Waals surface area contributed by atoms with Gasteiger partial charge in [-0.1, -0.05) is 369 Å². The van der Waals surface area contributed by atoms with Gasteiger partial charge in [-0.15, -0.1) is 11.3 Å². The molecule has 0 atom stereocenters. The Morgan fingerprint density at radius 2 is 0.513 bits per heavy atom. The summed E-state index contributed by atoms with van der Waals surface area (Å²) in [6.45, 7) is 13.8. The van der Waals surface area contributed by atoms with E-state index in [4.69, 9.17) is 39.9 Å². The minimum absolute atomic E-state index is 0.262. The molecule has 18 aromatic carbocycles. The molecule has 0 bridgehead atoms. The zero-order valence-electron chi connectivity index (χ0n) is 83.2. The maximum atomic E-state index is 5.47. The molecule has 0 saturated carbocycles. The summed E-state index contributed by atoms with van der Waals surface area (Å²) in [6, 6.07) is 161. The van der Waals surface area contributed by atoms with Crippen molar-refractivity contribution in [3.05, 3.63) is 501 Å². The molecular formula is C136H95N13S. The summed E-state index contributed by atoms with van der Waals surface area (Å²) in [5.74, 6) is 3.04. The lowest BCUT2D eigenvalue weighted by molar-refractivity contribution is 0.657. The minimum atomic E-state index is -0.289. The van der Waals surface area contributed by atoms with E-state index in [-0.39, 0.29) is 16.2 Å². The highest BCUT2D eigenvalue weighted by Crippen LogP contribution is 2.57. The molecule has 3 aliphatic carbocycles. The smallest absolute Gasteiger partial charge is 0.160 e. The molecule has 0 spiro atoms. The number of pyridine rings is 1. The van der Waals surface area contributed by atoms with Gasteiger partial charge >= 0.3 is 0 Å². The molecule has 0 amide bonds. The third-order valence-corrected chi connectivity index (χ3v) is 31.9. The Morgan fingerprint density at radius 1 is 0.200 bits per heavy atom. The van der Waals surface area contributed by atoms with E-state index >= 15 is 0 Å². The molecule has 0 N–H and O–H groups in total. The van der Waals surface area contributed by atoms with E-state index in [1.54, 1.807) is 11.3 Å². The average Bonchev–Trinajstić information content (AvgIpc) is 1.56. The summed E-state index contributed by atoms with van der Waals surface area (Å²) in [5.41, 5.74) is 41.0. The van der Waals surface area contributed by atoms with Crippen molar-refractivity contribution in [3.63, 3.8) is 0 Å². The fraction of sp³-hybridized carbons (Fsp3) is 0.0662. The molecule has 0 aliphatic heterocycles. The number of fused-ring (bicyclic) bond motifs is 20. The summed E-state index contributed by atoms with van der Waals surface area (Å²) in [6.07, 6.45) is 3.66. The van der Waals surface area contributed by atoms with E-state index in [9.17, 15) is 0 Å². The summed E-state index contributed by atoms with van der Waals surface area (Å²) < 4.78 is 10.5. The summed E-state index contributed by atoms with van der Waals surface area (Å²) in [4.78, 5) is 46.5. The second-order valence-corrected chi connectivity index (χ2v) is 41.7. The molecule has 150 heavy (non-hydrogen) atoms. The molecule has 9 heterocycles. The van der Waals surface area contributed by atoms with Crippen molar-refractivity contribution < 1.29 is 0 Å². The van der Waals surface area contributed by atoms with Crippen molar-refractivity contribution in [2.45, 2.75) is 57.8 Å². The average molecular weight is 1940 g/mol. The molecule has 0 radical (unpaired) electrons. The van der Waals surface area contributed by atoms with Gasteiger partial charge in [0.1, 0.15) is 10.8 Å². The topological polar surface area (TPSA) is 136 Å². The van der Waals surface area contributed by atoms with E-state index in [0.717, 1.165) is 157 Å². The predicted molar refractivity (Wildman–Crippen MR) is 616 cm³/mol. The monoisotopic (exact) mass is 1940 g/mol. The van der Waals surface area contributed by atoms with Gasteiger partial charge in [-0.2, -0.15) is 0 Å². The van der Waals surface area contributed by atoms with Crippen LogP contribution < -0.4 is 0 Å². The molecule has 0 saturated heterocycles. The van der Waals surface area contributed by atoms with Gasteiger partial charge in [0, 0.05) is 162 Å². The predicted octanol–water partition coefficient (Wildman–Crippen LogP) is 34.0. The Hall–Kier alpha value is -18.9. The lowest BCUT2D eigenvalue weighted by atomic mass is 9.80. The molecular weight excluding hydrogens is 1850 g/mol. The lowest BCUT2D eigenvalue weighted by Crippen LogP contribution is -2.17. The van der Waals surface area contributed by atoms with Gasteiger partial charge in [-0.25, -0.2) is 39.9 Å². The van der Waals surface area contributed by atoms with Gasteiger partial charge < -0.3 is 13.7 Å². The van der Waals surface area contributed by atoms with Crippen LogP contribution in [0.2, 0.25) is 0 Å². The summed E-state index contributed by atoms with van der Waals surface area (Å²) in [5, 5.41) is 8.50. The third-order valence-electron chi connectivity index (χ3n) is 30.8. The van der Waals surface area contributed by atoms with E-state index in [0.29, 0.717) is 5.82 Å². The van der Waals surface area contributed by atoms with E-state index < -0.39 is 0 Å². The van der Waals surface area contributed by atoms with Crippen LogP contribution in [0.4, 0.5) is 0 Å². The first-order valence-electron chi connectivity index (χ1n) is 51.1. The Morgan fingerprint density at radius 3 is 0.927 bits per heavy atom. The van der Waals surface area contributed by atoms with Crippen LogP contribution in [0.25, 0.3) is 244 Å². The molecule has 13 nitrogen and oxygen atoms in total. The van der Waals surface area contributed by atoms with E-state index in [1.807, 2.05) is 42.7 Å². The summed E-state index contributed by atoms with van der Waals surface area (Å²) >= 11 is 1.72. The van der Waals surface area contributed by atoms with Crippen LogP contribution in [-0.4, -0.2) is 63.1 Å². The number of rotatable bonds is 13. The number of aromatic nitrogens is 13. The zero-order chi connectivity index (χ0) is 100. The van der Waals surface area contributed by atoms with Crippen molar-refractivity contribution in [1.82, 2.24) is 63.1 Å². The maximum absolute atomic E-state index is 5.47. The van der Waals surface area contributed by atoms with E-state index in [2.05, 4.69) is 489 Å². The summed E-state index contributed by atoms with van der Waals surface area (Å²) in [7, 11) is 0. The fourth-order valence-corrected chi connectivity index (χ4v) is 24.8. The largest absolute Gasteiger partial charge is 0.309 e. The van der Waals surface area contributed by atoms with Crippen LogP contribution in [0.15, 0.2) is 467 Å². The maximum Gasteiger partial charge on any atom is 0.160 e. The van der Waals surface area contributed by atoms with Crippen molar-refractivity contribution in [2.24, 2.45) is 0 Å². The van der Waals surface area contributed by atoms with Gasteiger partial charge in [0.05, 0.1) is 88.5 Å². The SMILES string of the molecule is CC1(C)c2ccccc2-c2nc(-c3ccc(-c4nc5ccccc5n4-c4ccccc4)cc3)nc(-c3cccc(-n4c5ccccc5c5ccccc54)c3)c21.CC1(C)c2ccccc2-c2nc(-c3ccc(-c4nc5ccccc5s4)cc3)nc(-c3cccc(-n4c5ccccc5c5ccccc54)c3)c21.CC1(C)c2ccccc2-c2nc(-c3cccc(-c4ccncc4)c3)nc(-c3cccc(-n4c5ccccc5c5ccccc54)c3)c21. The lowest BCUT2D eigenvalue weighted by Gasteiger charge is -2.24. The highest BCUT2D eigenvalue weighted by Gasteiger charge is 2.44. The quantitative estimate of drug-likeness (QED) is 0.111. The van der Waals surface area contributed by atoms with Gasteiger partial charge in [0.2, 0.25) is 0 Å². The highest BCUT2D eigenvalue weighted by molar-refractivity contribution is 7.21. The molecule has 27 aromatic rings. The number of hydrogen-bond donors (Lipinski definition) is 0. The van der Waals surface area contributed by atoms with Crippen LogP contribution in [-0.2, 0) is 16.2 Å². The van der Waals surface area contributed by atoms with Gasteiger partial charge in [-0.05, 0) is 155 Å². The van der Waals surface area contributed by atoms with E-state index in [1.165, 1.54) is 115 Å². The zero-order valence-corrected chi connectivity index (χ0v) is 84.0. The number of para-hydroxylation sites is 10. The molecule has 9 aromatic heterocycles. The first kappa shape index (κ1) is 88.8. The van der Waals surface area contributed by atoms with Crippen molar-refractivity contribution in [1.29, 1.82) is 0 Å². The fourth-order valence-electron chi connectivity index (χ4n) is 23.8. The van der Waals surface area contributed by atoms with Crippen LogP contribution in [0, 0.1) is 0 Å². The number of thiazole rings is 1. The molecule has 0 unspecified atom stereocenters. The second kappa shape index (κ2) is 35.2. The molecule has 3 aliphatic rings. The Labute approximate surface area is 870 Å². The Kier molecular flexibility index (Phi) is 20.9. The van der Waals surface area contributed by atoms with Crippen LogP contribution >= 0.6 is 11.3 Å². The van der Waals surface area contributed by atoms with Crippen molar-refractivity contribution in [3.8, 4) is 158 Å². The number of nitrogens with zero attached hydrogens (tertiary/aromatic N) is 13. The molecule has 0 fully saturated rings. The van der Waals surface area contributed by atoms with Crippen LogP contribution in [0.3, 0.4) is 0 Å². The standard InChI is InChI=1S/C50H35N5.C44H30N4S.C42H30N4/c1-50(2)40-22-9-6-21-39(40)47-45(50)46(34-15-14-18-36(31-34)54-42-24-11-7-19-37(42)38-20-8-12-25-43(38)54)52-48(53-47)32-27-29-33(30-28-32)49-51-41-23-10-13-26-44(41)55(49)35-16-4-3-5-17-35;1-44(2)34-17-6-3-16-33(34)41-39(44)40(46-42(47-41)27-22-24-28(25-23-27)43-45-35-18-7-10-21-38(35)49-43)29-12-11-13-30(26-29)48-36-19-8-4-14-31(36)32-15-5-9-20-37(32)48;1-42(2)35-18-6-3-17-34(35)40-38(42)39(44-41(45-40)30-13-9-11-28(25-30)27-21-23-43-24-22-27)29-12-10-14-31(26-29)46-36-19-7-4-15-32(36)33-16-5-8-20-37(33)46/h3-31H,1-2H3;3-26H,1-2H3;3-26H,1-2H3. The third kappa shape index (κ3) is 14.5. The first-order valence-corrected chi connectivity index (χ1v) is 51.9. The first-order chi connectivity index (χ1) is 73.7. The number of benzene rings is 18. The Bertz CT molecular complexity index is 9950. The normalized spacial score (nSPS) is 13.2. The molecule has 30 rings (SSSR count). The number of hydrogen-bond acceptors (Lipinski definition) is 10. The Balaban J connectivity index is 0.000000109. The highest BCUT2D eigenvalue weighted by atomic mass is 32.1. The van der Waals surface area contributed by atoms with Crippen LogP contribution in [0.1, 0.15) is 74.9 Å². The number of imidazole rings is 1.